The first-order valence-corrected chi connectivity index (χ1v) is 7.62. The van der Waals surface area contributed by atoms with E-state index in [1.807, 2.05) is 0 Å². The molecule has 0 aromatic carbocycles. The molecular weight excluding hydrogens is 270 g/mol. The van der Waals surface area contributed by atoms with Crippen molar-refractivity contribution in [3.63, 3.8) is 0 Å². The van der Waals surface area contributed by atoms with Gasteiger partial charge in [0.15, 0.2) is 5.25 Å². The number of carbonyl (C=O) groups excluding carboxylic acids is 2. The van der Waals surface area contributed by atoms with E-state index in [-0.39, 0.29) is 17.6 Å². The highest BCUT2D eigenvalue weighted by molar-refractivity contribution is 7.92. The first-order valence-electron chi connectivity index (χ1n) is 6.23. The molecule has 1 fully saturated rings. The minimum atomic E-state index is -1.29. The van der Waals surface area contributed by atoms with Gasteiger partial charge in [-0.25, -0.2) is 9.59 Å². The number of esters is 1. The van der Waals surface area contributed by atoms with Crippen LogP contribution in [0.1, 0.15) is 27.7 Å². The Balaban J connectivity index is 2.29. The summed E-state index contributed by atoms with van der Waals surface area (Å²) in [6, 6.07) is 0. The SMILES string of the molecule is CCOC(=O)C[S+]([O-])C1CN(C(=O)OC(C)(C)C)C1. The highest BCUT2D eigenvalue weighted by atomic mass is 32.2. The lowest BCUT2D eigenvalue weighted by molar-refractivity contribution is -0.140. The van der Waals surface area contributed by atoms with Crippen molar-refractivity contribution in [1.29, 1.82) is 0 Å². The number of likely N-dealkylation sites (tertiary alicyclic amines) is 1. The van der Waals surface area contributed by atoms with Crippen LogP contribution in [0.4, 0.5) is 4.79 Å². The lowest BCUT2D eigenvalue weighted by Gasteiger charge is -2.39. The summed E-state index contributed by atoms with van der Waals surface area (Å²) in [5.74, 6) is -0.572. The van der Waals surface area contributed by atoms with Crippen LogP contribution in [-0.4, -0.2) is 57.8 Å². The summed E-state index contributed by atoms with van der Waals surface area (Å²) in [4.78, 5) is 24.3. The zero-order valence-electron chi connectivity index (χ0n) is 11.8. The molecule has 0 saturated carbocycles. The summed E-state index contributed by atoms with van der Waals surface area (Å²) < 4.78 is 21.7. The molecule has 110 valence electrons. The highest BCUT2D eigenvalue weighted by Crippen LogP contribution is 2.20. The molecule has 0 bridgehead atoms. The Labute approximate surface area is 116 Å². The van der Waals surface area contributed by atoms with Gasteiger partial charge in [-0.2, -0.15) is 0 Å². The second-order valence-corrected chi connectivity index (χ2v) is 7.05. The fourth-order valence-corrected chi connectivity index (χ4v) is 2.76. The van der Waals surface area contributed by atoms with E-state index in [0.717, 1.165) is 0 Å². The monoisotopic (exact) mass is 291 g/mol. The molecule has 6 nitrogen and oxygen atoms in total. The predicted molar refractivity (Wildman–Crippen MR) is 71.2 cm³/mol. The summed E-state index contributed by atoms with van der Waals surface area (Å²) in [5, 5.41) is -0.170. The van der Waals surface area contributed by atoms with Gasteiger partial charge in [-0.05, 0) is 38.9 Å². The lowest BCUT2D eigenvalue weighted by Crippen LogP contribution is -2.58. The summed E-state index contributed by atoms with van der Waals surface area (Å²) >= 11 is -1.29. The van der Waals surface area contributed by atoms with Crippen molar-refractivity contribution in [1.82, 2.24) is 4.90 Å². The third-order valence-corrected chi connectivity index (χ3v) is 4.00. The highest BCUT2D eigenvalue weighted by Gasteiger charge is 2.41. The largest absolute Gasteiger partial charge is 0.616 e. The Morgan fingerprint density at radius 2 is 1.95 bits per heavy atom. The third-order valence-electron chi connectivity index (χ3n) is 2.44. The molecule has 1 amide bonds. The standard InChI is InChI=1S/C12H21NO5S/c1-5-17-10(14)8-19(16)9-6-13(7-9)11(15)18-12(2,3)4/h9H,5-8H2,1-4H3. The van der Waals surface area contributed by atoms with Crippen LogP contribution in [0, 0.1) is 0 Å². The second-order valence-electron chi connectivity index (χ2n) is 5.34. The van der Waals surface area contributed by atoms with E-state index in [9.17, 15) is 14.1 Å². The van der Waals surface area contributed by atoms with Gasteiger partial charge in [-0.3, -0.25) is 4.90 Å². The summed E-state index contributed by atoms with van der Waals surface area (Å²) in [5.41, 5.74) is -0.535. The second kappa shape index (κ2) is 6.47. The molecule has 0 spiro atoms. The van der Waals surface area contributed by atoms with Crippen LogP contribution in [0.15, 0.2) is 0 Å². The van der Waals surface area contributed by atoms with Gasteiger partial charge < -0.3 is 14.0 Å². The Bertz CT molecular complexity index is 336. The van der Waals surface area contributed by atoms with Crippen molar-refractivity contribution in [3.8, 4) is 0 Å². The number of carbonyl (C=O) groups is 2. The van der Waals surface area contributed by atoms with Crippen molar-refractivity contribution in [2.45, 2.75) is 38.5 Å². The Kier molecular flexibility index (Phi) is 5.49. The first-order chi connectivity index (χ1) is 8.73. The Morgan fingerprint density at radius 3 is 2.42 bits per heavy atom. The number of amides is 1. The maximum absolute atomic E-state index is 11.8. The maximum Gasteiger partial charge on any atom is 0.410 e. The lowest BCUT2D eigenvalue weighted by atomic mass is 10.2. The molecule has 1 aliphatic heterocycles. The van der Waals surface area contributed by atoms with Crippen LogP contribution < -0.4 is 0 Å². The molecule has 1 unspecified atom stereocenters. The average Bonchev–Trinajstić information content (AvgIpc) is 2.11. The van der Waals surface area contributed by atoms with Gasteiger partial charge in [0.2, 0.25) is 5.75 Å². The van der Waals surface area contributed by atoms with E-state index < -0.39 is 28.8 Å². The van der Waals surface area contributed by atoms with Crippen molar-refractivity contribution >= 4 is 23.2 Å². The predicted octanol–water partition coefficient (Wildman–Crippen LogP) is 0.917. The minimum absolute atomic E-state index is 0.110. The zero-order chi connectivity index (χ0) is 14.6. The summed E-state index contributed by atoms with van der Waals surface area (Å²) in [7, 11) is 0. The molecular formula is C12H21NO5S. The van der Waals surface area contributed by atoms with Gasteiger partial charge >= 0.3 is 12.1 Å². The van der Waals surface area contributed by atoms with Crippen LogP contribution in [-0.2, 0) is 25.4 Å². The number of hydrogen-bond acceptors (Lipinski definition) is 5. The van der Waals surface area contributed by atoms with E-state index >= 15 is 0 Å². The number of hydrogen-bond donors (Lipinski definition) is 0. The van der Waals surface area contributed by atoms with Crippen molar-refractivity contribution < 1.29 is 23.6 Å². The number of nitrogens with zero attached hydrogens (tertiary/aromatic N) is 1. The molecule has 7 heteroatoms. The van der Waals surface area contributed by atoms with Crippen LogP contribution in [0.25, 0.3) is 0 Å². The van der Waals surface area contributed by atoms with E-state index in [0.29, 0.717) is 13.1 Å². The Morgan fingerprint density at radius 1 is 1.37 bits per heavy atom. The van der Waals surface area contributed by atoms with Gasteiger partial charge in [-0.15, -0.1) is 0 Å². The summed E-state index contributed by atoms with van der Waals surface area (Å²) in [6.07, 6.45) is -0.406. The van der Waals surface area contributed by atoms with E-state index in [2.05, 4.69) is 0 Å². The normalized spacial score (nSPS) is 17.6. The third kappa shape index (κ3) is 5.28. The van der Waals surface area contributed by atoms with E-state index in [1.54, 1.807) is 27.7 Å². The van der Waals surface area contributed by atoms with E-state index in [4.69, 9.17) is 9.47 Å². The van der Waals surface area contributed by atoms with Gasteiger partial charge in [-0.1, -0.05) is 0 Å². The number of ether oxygens (including phenoxy) is 2. The van der Waals surface area contributed by atoms with E-state index in [1.165, 1.54) is 4.90 Å². The smallest absolute Gasteiger partial charge is 0.410 e. The quantitative estimate of drug-likeness (QED) is 0.568. The van der Waals surface area contributed by atoms with Crippen molar-refractivity contribution in [2.24, 2.45) is 0 Å². The van der Waals surface area contributed by atoms with Crippen molar-refractivity contribution in [2.75, 3.05) is 25.4 Å². The minimum Gasteiger partial charge on any atom is -0.616 e. The molecule has 0 aromatic rings. The summed E-state index contributed by atoms with van der Waals surface area (Å²) in [6.45, 7) is 8.09. The fraction of sp³-hybridized carbons (Fsp3) is 0.833. The van der Waals surface area contributed by atoms with Crippen LogP contribution in [0.2, 0.25) is 0 Å². The average molecular weight is 291 g/mol. The molecule has 1 rings (SSSR count). The van der Waals surface area contributed by atoms with Gasteiger partial charge in [0.05, 0.1) is 19.7 Å². The maximum atomic E-state index is 11.8. The molecule has 1 atom stereocenters. The first kappa shape index (κ1) is 16.1. The number of rotatable bonds is 4. The van der Waals surface area contributed by atoms with Gasteiger partial charge in [0.1, 0.15) is 5.60 Å². The topological polar surface area (TPSA) is 78.9 Å². The van der Waals surface area contributed by atoms with Crippen LogP contribution >= 0.6 is 0 Å². The molecule has 0 aliphatic carbocycles. The molecule has 1 saturated heterocycles. The molecule has 1 heterocycles. The molecule has 19 heavy (non-hydrogen) atoms. The zero-order valence-corrected chi connectivity index (χ0v) is 12.6. The van der Waals surface area contributed by atoms with Crippen LogP contribution in [0.3, 0.4) is 0 Å². The van der Waals surface area contributed by atoms with Crippen molar-refractivity contribution in [3.05, 3.63) is 0 Å². The molecule has 1 aliphatic rings. The molecule has 0 radical (unpaired) electrons. The molecule has 0 N–H and O–H groups in total. The van der Waals surface area contributed by atoms with Gasteiger partial charge in [0.25, 0.3) is 0 Å². The Hall–Kier alpha value is -0.950. The fourth-order valence-electron chi connectivity index (χ4n) is 1.52. The molecule has 0 aromatic heterocycles. The van der Waals surface area contributed by atoms with Gasteiger partial charge in [0, 0.05) is 0 Å². The van der Waals surface area contributed by atoms with Crippen LogP contribution in [0.5, 0.6) is 0 Å².